The smallest absolute Gasteiger partial charge is 0.0476 e. The van der Waals surface area contributed by atoms with E-state index in [1.807, 2.05) is 34.0 Å². The van der Waals surface area contributed by atoms with Crippen molar-refractivity contribution in [2.75, 3.05) is 4.90 Å². The van der Waals surface area contributed by atoms with Crippen LogP contribution in [-0.4, -0.2) is 0 Å². The number of hydrogen-bond donors (Lipinski definition) is 0. The van der Waals surface area contributed by atoms with Crippen LogP contribution in [0.4, 0.5) is 17.1 Å². The largest absolute Gasteiger partial charge is 0.310 e. The normalized spacial score (nSPS) is 12.0. The fourth-order valence-corrected chi connectivity index (χ4v) is 11.3. The number of fused-ring (bicyclic) bond motifs is 11. The maximum Gasteiger partial charge on any atom is 0.0476 e. The van der Waals surface area contributed by atoms with Crippen molar-refractivity contribution in [1.29, 1.82) is 0 Å². The zero-order valence-electron chi connectivity index (χ0n) is 26.8. The van der Waals surface area contributed by atoms with Crippen molar-refractivity contribution in [3.63, 3.8) is 0 Å². The molecular formula is C46H27NS3. The predicted octanol–water partition coefficient (Wildman–Crippen LogP) is 15.1. The summed E-state index contributed by atoms with van der Waals surface area (Å²) in [5.41, 5.74) is 5.97. The van der Waals surface area contributed by atoms with Gasteiger partial charge in [0.2, 0.25) is 0 Å². The van der Waals surface area contributed by atoms with Gasteiger partial charge in [0.05, 0.1) is 0 Å². The van der Waals surface area contributed by atoms with E-state index in [0.29, 0.717) is 0 Å². The summed E-state index contributed by atoms with van der Waals surface area (Å²) in [5.74, 6) is 0. The third-order valence-corrected chi connectivity index (χ3v) is 13.6. The molecule has 0 amide bonds. The van der Waals surface area contributed by atoms with E-state index in [2.05, 4.69) is 169 Å². The van der Waals surface area contributed by atoms with Gasteiger partial charge in [0.15, 0.2) is 0 Å². The maximum absolute atomic E-state index is 2.42. The maximum atomic E-state index is 2.42. The molecule has 0 fully saturated rings. The van der Waals surface area contributed by atoms with Gasteiger partial charge in [-0.2, -0.15) is 0 Å². The summed E-state index contributed by atoms with van der Waals surface area (Å²) in [7, 11) is 0. The zero-order chi connectivity index (χ0) is 32.8. The standard InChI is InChI=1S/C46H27NS3/c1-2-9-33-28(8-1)18-23-39-38-13-7-12-34(45(38)50-46(33)39)29-16-19-30(20-17-29)47(31-22-25-43-40(26-31)36-11-4-6-15-42(36)48-43)32-21-24-37-35-10-3-5-14-41(35)49-44(37)27-32/h1-27H. The number of rotatable bonds is 4. The molecule has 0 spiro atoms. The van der Waals surface area contributed by atoms with E-state index in [1.165, 1.54) is 82.4 Å². The Balaban J connectivity index is 1.08. The molecule has 234 valence electrons. The Labute approximate surface area is 300 Å². The van der Waals surface area contributed by atoms with Crippen molar-refractivity contribution < 1.29 is 0 Å². The van der Waals surface area contributed by atoms with Gasteiger partial charge in [0.25, 0.3) is 0 Å². The summed E-state index contributed by atoms with van der Waals surface area (Å²) in [5, 5.41) is 10.5. The second kappa shape index (κ2) is 11.0. The molecule has 0 saturated carbocycles. The Hall–Kier alpha value is -5.52. The lowest BCUT2D eigenvalue weighted by atomic mass is 10.0. The molecular weight excluding hydrogens is 663 g/mol. The molecule has 0 aliphatic rings. The SMILES string of the molecule is c1ccc2c(c1)ccc1c3cccc(-c4ccc(N(c5ccc6c(c5)sc5ccccc56)c5ccc6sc7ccccc7c6c5)cc4)c3sc21. The molecule has 1 nitrogen and oxygen atoms in total. The summed E-state index contributed by atoms with van der Waals surface area (Å²) >= 11 is 5.65. The van der Waals surface area contributed by atoms with Crippen LogP contribution >= 0.6 is 34.0 Å². The van der Waals surface area contributed by atoms with Crippen LogP contribution in [-0.2, 0) is 0 Å². The Morgan fingerprint density at radius 2 is 0.900 bits per heavy atom. The second-order valence-corrected chi connectivity index (χ2v) is 16.1. The van der Waals surface area contributed by atoms with E-state index in [0.717, 1.165) is 17.1 Å². The van der Waals surface area contributed by atoms with Gasteiger partial charge in [-0.25, -0.2) is 0 Å². The fourth-order valence-electron chi connectivity index (χ4n) is 7.70. The molecule has 8 aromatic carbocycles. The molecule has 0 N–H and O–H groups in total. The van der Waals surface area contributed by atoms with Crippen LogP contribution in [0, 0.1) is 0 Å². The highest BCUT2D eigenvalue weighted by Crippen LogP contribution is 2.45. The minimum Gasteiger partial charge on any atom is -0.310 e. The molecule has 11 aromatic rings. The highest BCUT2D eigenvalue weighted by atomic mass is 32.1. The molecule has 0 aliphatic heterocycles. The van der Waals surface area contributed by atoms with Crippen molar-refractivity contribution in [3.8, 4) is 11.1 Å². The molecule has 0 aliphatic carbocycles. The van der Waals surface area contributed by atoms with E-state index >= 15 is 0 Å². The van der Waals surface area contributed by atoms with Gasteiger partial charge in [-0.15, -0.1) is 34.0 Å². The van der Waals surface area contributed by atoms with Gasteiger partial charge in [-0.1, -0.05) is 109 Å². The minimum atomic E-state index is 1.14. The first-order chi connectivity index (χ1) is 24.8. The summed E-state index contributed by atoms with van der Waals surface area (Å²) in [4.78, 5) is 2.42. The first kappa shape index (κ1) is 28.3. The highest BCUT2D eigenvalue weighted by molar-refractivity contribution is 7.27. The van der Waals surface area contributed by atoms with Crippen LogP contribution in [0.5, 0.6) is 0 Å². The first-order valence-electron chi connectivity index (χ1n) is 16.8. The van der Waals surface area contributed by atoms with Crippen molar-refractivity contribution in [1.82, 2.24) is 0 Å². The Kier molecular flexibility index (Phi) is 6.23. The molecule has 0 atom stereocenters. The van der Waals surface area contributed by atoms with Crippen molar-refractivity contribution in [2.24, 2.45) is 0 Å². The van der Waals surface area contributed by atoms with Gasteiger partial charge in [0.1, 0.15) is 0 Å². The molecule has 3 aromatic heterocycles. The molecule has 3 heterocycles. The summed E-state index contributed by atoms with van der Waals surface area (Å²) in [6.07, 6.45) is 0. The number of anilines is 3. The molecule has 0 saturated heterocycles. The van der Waals surface area contributed by atoms with Gasteiger partial charge < -0.3 is 4.90 Å². The van der Waals surface area contributed by atoms with E-state index < -0.39 is 0 Å². The Morgan fingerprint density at radius 3 is 1.74 bits per heavy atom. The number of thiophene rings is 3. The average molecular weight is 690 g/mol. The lowest BCUT2D eigenvalue weighted by Gasteiger charge is -2.26. The average Bonchev–Trinajstić information content (AvgIpc) is 3.86. The summed E-state index contributed by atoms with van der Waals surface area (Å²) < 4.78 is 7.97. The monoisotopic (exact) mass is 689 g/mol. The fraction of sp³-hybridized carbons (Fsp3) is 0. The first-order valence-corrected chi connectivity index (χ1v) is 19.3. The van der Waals surface area contributed by atoms with Crippen LogP contribution in [0.15, 0.2) is 164 Å². The van der Waals surface area contributed by atoms with Gasteiger partial charge in [-0.05, 0) is 76.5 Å². The van der Waals surface area contributed by atoms with Crippen molar-refractivity contribution >= 4 is 122 Å². The van der Waals surface area contributed by atoms with E-state index in [9.17, 15) is 0 Å². The Morgan fingerprint density at radius 1 is 0.320 bits per heavy atom. The van der Waals surface area contributed by atoms with Crippen molar-refractivity contribution in [3.05, 3.63) is 164 Å². The van der Waals surface area contributed by atoms with Gasteiger partial charge in [-0.3, -0.25) is 0 Å². The summed E-state index contributed by atoms with van der Waals surface area (Å²) in [6.45, 7) is 0. The van der Waals surface area contributed by atoms with Gasteiger partial charge >= 0.3 is 0 Å². The molecule has 11 rings (SSSR count). The zero-order valence-corrected chi connectivity index (χ0v) is 29.2. The number of hydrogen-bond acceptors (Lipinski definition) is 4. The van der Waals surface area contributed by atoms with Crippen LogP contribution in [0.2, 0.25) is 0 Å². The second-order valence-electron chi connectivity index (χ2n) is 12.9. The van der Waals surface area contributed by atoms with Gasteiger partial charge in [0, 0.05) is 77.6 Å². The van der Waals surface area contributed by atoms with Crippen LogP contribution in [0.25, 0.3) is 82.4 Å². The quantitative estimate of drug-likeness (QED) is 0.178. The van der Waals surface area contributed by atoms with Crippen molar-refractivity contribution in [2.45, 2.75) is 0 Å². The lowest BCUT2D eigenvalue weighted by Crippen LogP contribution is -2.09. The molecule has 0 unspecified atom stereocenters. The number of benzene rings is 8. The summed E-state index contributed by atoms with van der Waals surface area (Å²) in [6, 6.07) is 60.6. The minimum absolute atomic E-state index is 1.14. The van der Waals surface area contributed by atoms with Crippen LogP contribution in [0.1, 0.15) is 0 Å². The molecule has 0 bridgehead atoms. The Bertz CT molecular complexity index is 3110. The van der Waals surface area contributed by atoms with Crippen LogP contribution in [0.3, 0.4) is 0 Å². The number of nitrogens with zero attached hydrogens (tertiary/aromatic N) is 1. The molecule has 0 radical (unpaired) electrons. The topological polar surface area (TPSA) is 3.24 Å². The van der Waals surface area contributed by atoms with E-state index in [-0.39, 0.29) is 0 Å². The lowest BCUT2D eigenvalue weighted by molar-refractivity contribution is 1.30. The van der Waals surface area contributed by atoms with E-state index in [4.69, 9.17) is 0 Å². The predicted molar refractivity (Wildman–Crippen MR) is 223 cm³/mol. The highest BCUT2D eigenvalue weighted by Gasteiger charge is 2.18. The third-order valence-electron chi connectivity index (χ3n) is 10.1. The molecule has 4 heteroatoms. The molecule has 50 heavy (non-hydrogen) atoms. The van der Waals surface area contributed by atoms with E-state index in [1.54, 1.807) is 0 Å². The third kappa shape index (κ3) is 4.29. The van der Waals surface area contributed by atoms with Crippen LogP contribution < -0.4 is 4.90 Å².